The molecule has 2 aliphatic heterocycles. The fourth-order valence-corrected chi connectivity index (χ4v) is 4.58. The zero-order chi connectivity index (χ0) is 23.5. The number of hydrazone groups is 1. The Morgan fingerprint density at radius 3 is 2.59 bits per heavy atom. The minimum absolute atomic E-state index is 0.279. The van der Waals surface area contributed by atoms with Gasteiger partial charge in [-0.1, -0.05) is 30.3 Å². The molecule has 1 atom stereocenters. The van der Waals surface area contributed by atoms with Crippen molar-refractivity contribution in [3.63, 3.8) is 0 Å². The van der Waals surface area contributed by atoms with Crippen LogP contribution in [0.25, 0.3) is 0 Å². The standard InChI is InChI=1S/C27H27FN4O2/c1-34-27-22-8-4-3-7-21(22)25(30-31-27)19-11-14-24(32-15-5-2-6-16-32)23(17-19)29-26(33)18-9-12-20(28)13-10-18/h3-4,7-14,17,27,31H,2,5-6,15-16H2,1H3,(H,29,33). The zero-order valence-electron chi connectivity index (χ0n) is 19.1. The molecule has 6 nitrogen and oxygen atoms in total. The molecular formula is C27H27FN4O2. The van der Waals surface area contributed by atoms with E-state index in [4.69, 9.17) is 4.74 Å². The van der Waals surface area contributed by atoms with E-state index in [1.165, 1.54) is 30.7 Å². The van der Waals surface area contributed by atoms with Crippen LogP contribution in [0, 0.1) is 5.82 Å². The van der Waals surface area contributed by atoms with Gasteiger partial charge >= 0.3 is 0 Å². The first kappa shape index (κ1) is 22.1. The first-order chi connectivity index (χ1) is 16.6. The number of amides is 1. The molecule has 0 bridgehead atoms. The highest BCUT2D eigenvalue weighted by Gasteiger charge is 2.24. The molecule has 0 radical (unpaired) electrons. The molecule has 0 aliphatic carbocycles. The van der Waals surface area contributed by atoms with E-state index in [0.29, 0.717) is 11.3 Å². The van der Waals surface area contributed by atoms with Gasteiger partial charge in [0.1, 0.15) is 5.82 Å². The third-order valence-corrected chi connectivity index (χ3v) is 6.35. The molecule has 174 valence electrons. The maximum absolute atomic E-state index is 13.4. The number of nitrogens with one attached hydrogen (secondary N) is 2. The fraction of sp³-hybridized carbons (Fsp3) is 0.259. The third kappa shape index (κ3) is 4.39. The van der Waals surface area contributed by atoms with Crippen molar-refractivity contribution in [2.75, 3.05) is 30.4 Å². The molecule has 3 aromatic carbocycles. The number of benzene rings is 3. The molecule has 1 amide bonds. The molecule has 1 unspecified atom stereocenters. The van der Waals surface area contributed by atoms with Crippen LogP contribution in [0.15, 0.2) is 71.8 Å². The Morgan fingerprint density at radius 1 is 1.06 bits per heavy atom. The number of hydrogen-bond acceptors (Lipinski definition) is 5. The first-order valence-electron chi connectivity index (χ1n) is 11.6. The second-order valence-electron chi connectivity index (χ2n) is 8.53. The summed E-state index contributed by atoms with van der Waals surface area (Å²) >= 11 is 0. The Labute approximate surface area is 198 Å². The van der Waals surface area contributed by atoms with E-state index in [1.54, 1.807) is 7.11 Å². The van der Waals surface area contributed by atoms with Crippen molar-refractivity contribution in [3.05, 3.63) is 94.8 Å². The van der Waals surface area contributed by atoms with Crippen LogP contribution in [0.3, 0.4) is 0 Å². The van der Waals surface area contributed by atoms with Crippen molar-refractivity contribution in [2.24, 2.45) is 5.10 Å². The summed E-state index contributed by atoms with van der Waals surface area (Å²) in [5.74, 6) is -0.651. The van der Waals surface area contributed by atoms with E-state index >= 15 is 0 Å². The van der Waals surface area contributed by atoms with Gasteiger partial charge in [-0.2, -0.15) is 5.10 Å². The van der Waals surface area contributed by atoms with Crippen LogP contribution in [0.5, 0.6) is 0 Å². The van der Waals surface area contributed by atoms with Crippen LogP contribution in [0.1, 0.15) is 52.5 Å². The molecule has 34 heavy (non-hydrogen) atoms. The molecule has 2 aliphatic rings. The number of fused-ring (bicyclic) bond motifs is 1. The predicted molar refractivity (Wildman–Crippen MR) is 132 cm³/mol. The van der Waals surface area contributed by atoms with E-state index in [2.05, 4.69) is 26.8 Å². The number of carbonyl (C=O) groups is 1. The summed E-state index contributed by atoms with van der Waals surface area (Å²) < 4.78 is 18.9. The van der Waals surface area contributed by atoms with Crippen molar-refractivity contribution in [1.29, 1.82) is 0 Å². The number of anilines is 2. The predicted octanol–water partition coefficient (Wildman–Crippen LogP) is 5.07. The molecule has 0 spiro atoms. The maximum atomic E-state index is 13.4. The minimum Gasteiger partial charge on any atom is -0.370 e. The quantitative estimate of drug-likeness (QED) is 0.560. The van der Waals surface area contributed by atoms with E-state index in [-0.39, 0.29) is 18.0 Å². The van der Waals surface area contributed by atoms with E-state index in [9.17, 15) is 9.18 Å². The smallest absolute Gasteiger partial charge is 0.255 e. The number of rotatable bonds is 5. The maximum Gasteiger partial charge on any atom is 0.255 e. The summed E-state index contributed by atoms with van der Waals surface area (Å²) in [6, 6.07) is 19.6. The van der Waals surface area contributed by atoms with Crippen molar-refractivity contribution in [1.82, 2.24) is 5.43 Å². The van der Waals surface area contributed by atoms with Crippen LogP contribution in [-0.2, 0) is 4.74 Å². The lowest BCUT2D eigenvalue weighted by atomic mass is 9.94. The Kier molecular flexibility index (Phi) is 6.27. The lowest BCUT2D eigenvalue weighted by Gasteiger charge is -2.31. The van der Waals surface area contributed by atoms with Gasteiger partial charge in [-0.25, -0.2) is 4.39 Å². The van der Waals surface area contributed by atoms with Gasteiger partial charge in [-0.3, -0.25) is 10.2 Å². The summed E-state index contributed by atoms with van der Waals surface area (Å²) in [6.07, 6.45) is 3.14. The number of ether oxygens (including phenoxy) is 1. The highest BCUT2D eigenvalue weighted by Crippen LogP contribution is 2.33. The molecule has 3 aromatic rings. The molecule has 1 saturated heterocycles. The Bertz CT molecular complexity index is 1220. The molecule has 2 N–H and O–H groups in total. The summed E-state index contributed by atoms with van der Waals surface area (Å²) in [6.45, 7) is 1.89. The van der Waals surface area contributed by atoms with E-state index in [0.717, 1.165) is 54.0 Å². The van der Waals surface area contributed by atoms with Crippen LogP contribution < -0.4 is 15.6 Å². The topological polar surface area (TPSA) is 66.0 Å². The van der Waals surface area contributed by atoms with Gasteiger partial charge in [0.15, 0.2) is 6.23 Å². The zero-order valence-corrected chi connectivity index (χ0v) is 19.1. The summed E-state index contributed by atoms with van der Waals surface area (Å²) in [5.41, 5.74) is 8.82. The lowest BCUT2D eigenvalue weighted by molar-refractivity contribution is 0.0731. The second-order valence-corrected chi connectivity index (χ2v) is 8.53. The van der Waals surface area contributed by atoms with Crippen molar-refractivity contribution >= 4 is 23.0 Å². The van der Waals surface area contributed by atoms with E-state index in [1.807, 2.05) is 36.4 Å². The molecule has 0 saturated carbocycles. The van der Waals surface area contributed by atoms with Crippen LogP contribution >= 0.6 is 0 Å². The number of piperidine rings is 1. The van der Waals surface area contributed by atoms with Crippen molar-refractivity contribution < 1.29 is 13.9 Å². The monoisotopic (exact) mass is 458 g/mol. The number of methoxy groups -OCH3 is 1. The third-order valence-electron chi connectivity index (χ3n) is 6.35. The number of nitrogens with zero attached hydrogens (tertiary/aromatic N) is 2. The van der Waals surface area contributed by atoms with Gasteiger partial charge in [0, 0.05) is 42.5 Å². The Morgan fingerprint density at radius 2 is 1.82 bits per heavy atom. The van der Waals surface area contributed by atoms with Crippen molar-refractivity contribution in [2.45, 2.75) is 25.5 Å². The molecule has 7 heteroatoms. The molecule has 1 fully saturated rings. The molecule has 2 heterocycles. The highest BCUT2D eigenvalue weighted by atomic mass is 19.1. The van der Waals surface area contributed by atoms with Gasteiger partial charge in [0.25, 0.3) is 5.91 Å². The summed E-state index contributed by atoms with van der Waals surface area (Å²) in [4.78, 5) is 15.3. The van der Waals surface area contributed by atoms with E-state index < -0.39 is 0 Å². The summed E-state index contributed by atoms with van der Waals surface area (Å²) in [5, 5.41) is 7.66. The van der Waals surface area contributed by atoms with Crippen LogP contribution in [0.4, 0.5) is 15.8 Å². The average Bonchev–Trinajstić information content (AvgIpc) is 2.89. The lowest BCUT2D eigenvalue weighted by Crippen LogP contribution is -2.31. The first-order valence-corrected chi connectivity index (χ1v) is 11.6. The van der Waals surface area contributed by atoms with Gasteiger partial charge < -0.3 is 15.0 Å². The second kappa shape index (κ2) is 9.65. The van der Waals surface area contributed by atoms with Crippen molar-refractivity contribution in [3.8, 4) is 0 Å². The van der Waals surface area contributed by atoms with Crippen LogP contribution in [0.2, 0.25) is 0 Å². The minimum atomic E-state index is -0.372. The number of carbonyl (C=O) groups excluding carboxylic acids is 1. The van der Waals surface area contributed by atoms with Gasteiger partial charge in [0.05, 0.1) is 17.1 Å². The Hall–Kier alpha value is -3.71. The van der Waals surface area contributed by atoms with Gasteiger partial charge in [-0.15, -0.1) is 0 Å². The molecule has 0 aromatic heterocycles. The number of halogens is 1. The largest absolute Gasteiger partial charge is 0.370 e. The fourth-order valence-electron chi connectivity index (χ4n) is 4.58. The molecule has 5 rings (SSSR count). The highest BCUT2D eigenvalue weighted by molar-refractivity contribution is 6.15. The SMILES string of the molecule is COC1NN=C(c2ccc(N3CCCCC3)c(NC(=O)c3ccc(F)cc3)c2)c2ccccc21. The Balaban J connectivity index is 1.53. The number of hydrogen-bond donors (Lipinski definition) is 2. The summed E-state index contributed by atoms with van der Waals surface area (Å²) in [7, 11) is 1.64. The van der Waals surface area contributed by atoms with Gasteiger partial charge in [-0.05, 0) is 55.7 Å². The average molecular weight is 459 g/mol. The van der Waals surface area contributed by atoms with Crippen LogP contribution in [-0.4, -0.2) is 31.8 Å². The molecular weight excluding hydrogens is 431 g/mol. The van der Waals surface area contributed by atoms with Gasteiger partial charge in [0.2, 0.25) is 0 Å². The normalized spacial score (nSPS) is 17.4.